The largest absolute Gasteiger partial charge is 0.459 e. The van der Waals surface area contributed by atoms with Crippen LogP contribution < -0.4 is 5.32 Å². The maximum atomic E-state index is 13.6. The van der Waals surface area contributed by atoms with Crippen molar-refractivity contribution in [3.63, 3.8) is 0 Å². The van der Waals surface area contributed by atoms with Crippen molar-refractivity contribution >= 4 is 0 Å². The lowest BCUT2D eigenvalue weighted by molar-refractivity contribution is 0.432. The molecule has 0 saturated heterocycles. The van der Waals surface area contributed by atoms with Crippen molar-refractivity contribution in [3.8, 4) is 11.3 Å². The molecule has 5 heteroatoms. The lowest BCUT2D eigenvalue weighted by atomic mass is 10.1. The fourth-order valence-electron chi connectivity index (χ4n) is 1.85. The molecule has 1 aromatic carbocycles. The highest BCUT2D eigenvalue weighted by Crippen LogP contribution is 2.29. The lowest BCUT2D eigenvalue weighted by Crippen LogP contribution is -2.16. The Hall–Kier alpha value is -1.75. The zero-order valence-electron chi connectivity index (χ0n) is 10.6. The molecule has 0 fully saturated rings. The van der Waals surface area contributed by atoms with E-state index in [1.54, 1.807) is 12.1 Å². The molecule has 0 bridgehead atoms. The molecule has 0 spiro atoms. The molecular formula is C14H14F3NO. The molecule has 0 aliphatic rings. The van der Waals surface area contributed by atoms with Crippen LogP contribution in [0.1, 0.15) is 25.6 Å². The number of nitrogens with one attached hydrogen (secondary N) is 1. The number of rotatable bonds is 4. The van der Waals surface area contributed by atoms with Crippen LogP contribution in [0.15, 0.2) is 28.7 Å². The molecule has 1 unspecified atom stereocenters. The average Bonchev–Trinajstić information content (AvgIpc) is 2.86. The van der Waals surface area contributed by atoms with Gasteiger partial charge in [-0.1, -0.05) is 6.92 Å². The van der Waals surface area contributed by atoms with E-state index in [1.165, 1.54) is 0 Å². The van der Waals surface area contributed by atoms with E-state index in [9.17, 15) is 13.2 Å². The molecule has 0 aliphatic heterocycles. The molecule has 1 N–H and O–H groups in total. The number of furan rings is 1. The normalized spacial score (nSPS) is 12.7. The summed E-state index contributed by atoms with van der Waals surface area (Å²) in [6, 6.07) is 5.23. The highest BCUT2D eigenvalue weighted by atomic mass is 19.2. The van der Waals surface area contributed by atoms with Crippen molar-refractivity contribution in [2.24, 2.45) is 0 Å². The molecule has 2 rings (SSSR count). The molecule has 0 saturated carbocycles. The summed E-state index contributed by atoms with van der Waals surface area (Å²) in [6.45, 7) is 4.61. The topological polar surface area (TPSA) is 25.2 Å². The second-order valence-electron chi connectivity index (χ2n) is 4.20. The van der Waals surface area contributed by atoms with Crippen LogP contribution in [0.3, 0.4) is 0 Å². The van der Waals surface area contributed by atoms with Gasteiger partial charge in [0.1, 0.15) is 11.5 Å². The minimum Gasteiger partial charge on any atom is -0.459 e. The van der Waals surface area contributed by atoms with Crippen molar-refractivity contribution in [3.05, 3.63) is 47.5 Å². The SMILES string of the molecule is CCNC(C)c1ccc(-c2ccc(F)c(F)c2F)o1. The third-order valence-corrected chi connectivity index (χ3v) is 2.86. The summed E-state index contributed by atoms with van der Waals surface area (Å²) in [5.74, 6) is -3.15. The Kier molecular flexibility index (Phi) is 3.95. The molecule has 102 valence electrons. The van der Waals surface area contributed by atoms with Crippen LogP contribution in [-0.2, 0) is 0 Å². The Bertz CT molecular complexity index is 580. The van der Waals surface area contributed by atoms with Gasteiger partial charge >= 0.3 is 0 Å². The first-order valence-electron chi connectivity index (χ1n) is 6.01. The van der Waals surface area contributed by atoms with Crippen molar-refractivity contribution in [2.75, 3.05) is 6.54 Å². The smallest absolute Gasteiger partial charge is 0.195 e. The Labute approximate surface area is 109 Å². The summed E-state index contributed by atoms with van der Waals surface area (Å²) in [6.07, 6.45) is 0. The van der Waals surface area contributed by atoms with E-state index < -0.39 is 17.5 Å². The third-order valence-electron chi connectivity index (χ3n) is 2.86. The predicted molar refractivity (Wildman–Crippen MR) is 66.1 cm³/mol. The zero-order valence-corrected chi connectivity index (χ0v) is 10.6. The van der Waals surface area contributed by atoms with Crippen molar-refractivity contribution in [2.45, 2.75) is 19.9 Å². The highest BCUT2D eigenvalue weighted by Gasteiger charge is 2.18. The van der Waals surface area contributed by atoms with E-state index in [1.807, 2.05) is 13.8 Å². The Morgan fingerprint density at radius 1 is 1.11 bits per heavy atom. The van der Waals surface area contributed by atoms with Gasteiger partial charge in [-0.3, -0.25) is 0 Å². The minimum atomic E-state index is -1.49. The molecule has 1 atom stereocenters. The van der Waals surface area contributed by atoms with E-state index in [-0.39, 0.29) is 17.4 Å². The van der Waals surface area contributed by atoms with E-state index in [4.69, 9.17) is 4.42 Å². The fourth-order valence-corrected chi connectivity index (χ4v) is 1.85. The second kappa shape index (κ2) is 5.48. The van der Waals surface area contributed by atoms with Gasteiger partial charge in [0.15, 0.2) is 17.5 Å². The molecular weight excluding hydrogens is 255 g/mol. The van der Waals surface area contributed by atoms with Crippen LogP contribution in [0.25, 0.3) is 11.3 Å². The van der Waals surface area contributed by atoms with Gasteiger partial charge in [0.2, 0.25) is 0 Å². The molecule has 1 aromatic heterocycles. The highest BCUT2D eigenvalue weighted by molar-refractivity contribution is 5.58. The Balaban J connectivity index is 2.36. The summed E-state index contributed by atoms with van der Waals surface area (Å²) < 4.78 is 45.1. The van der Waals surface area contributed by atoms with Crippen LogP contribution in [0.2, 0.25) is 0 Å². The summed E-state index contributed by atoms with van der Waals surface area (Å²) in [5.41, 5.74) is -0.0890. The first-order valence-corrected chi connectivity index (χ1v) is 6.01. The monoisotopic (exact) mass is 269 g/mol. The van der Waals surface area contributed by atoms with Crippen molar-refractivity contribution in [1.29, 1.82) is 0 Å². The molecule has 1 heterocycles. The molecule has 2 nitrogen and oxygen atoms in total. The number of benzene rings is 1. The maximum absolute atomic E-state index is 13.6. The van der Waals surface area contributed by atoms with E-state index in [2.05, 4.69) is 5.32 Å². The van der Waals surface area contributed by atoms with Gasteiger partial charge in [0, 0.05) is 0 Å². The van der Waals surface area contributed by atoms with Crippen LogP contribution in [0.4, 0.5) is 13.2 Å². The first kappa shape index (κ1) is 13.7. The summed E-state index contributed by atoms with van der Waals surface area (Å²) in [4.78, 5) is 0. The van der Waals surface area contributed by atoms with Gasteiger partial charge in [-0.2, -0.15) is 0 Å². The van der Waals surface area contributed by atoms with E-state index in [0.717, 1.165) is 18.7 Å². The minimum absolute atomic E-state index is 0.0351. The van der Waals surface area contributed by atoms with Crippen molar-refractivity contribution in [1.82, 2.24) is 5.32 Å². The van der Waals surface area contributed by atoms with Gasteiger partial charge in [0.05, 0.1) is 11.6 Å². The van der Waals surface area contributed by atoms with Crippen LogP contribution in [0, 0.1) is 17.5 Å². The molecule has 0 aliphatic carbocycles. The standard InChI is InChI=1S/C14H14F3NO/c1-3-18-8(2)11-6-7-12(19-11)9-4-5-10(15)14(17)13(9)16/h4-8,18H,3H2,1-2H3. The number of hydrogen-bond acceptors (Lipinski definition) is 2. The lowest BCUT2D eigenvalue weighted by Gasteiger charge is -2.08. The van der Waals surface area contributed by atoms with E-state index >= 15 is 0 Å². The third kappa shape index (κ3) is 2.66. The zero-order chi connectivity index (χ0) is 14.0. The fraction of sp³-hybridized carbons (Fsp3) is 0.286. The summed E-state index contributed by atoms with van der Waals surface area (Å²) in [7, 11) is 0. The van der Waals surface area contributed by atoms with Crippen LogP contribution >= 0.6 is 0 Å². The van der Waals surface area contributed by atoms with Crippen LogP contribution in [0.5, 0.6) is 0 Å². The Morgan fingerprint density at radius 2 is 1.84 bits per heavy atom. The van der Waals surface area contributed by atoms with Gasteiger partial charge in [-0.25, -0.2) is 13.2 Å². The van der Waals surface area contributed by atoms with Crippen molar-refractivity contribution < 1.29 is 17.6 Å². The molecule has 19 heavy (non-hydrogen) atoms. The van der Waals surface area contributed by atoms with Gasteiger partial charge in [-0.15, -0.1) is 0 Å². The molecule has 0 amide bonds. The number of halogens is 3. The van der Waals surface area contributed by atoms with Gasteiger partial charge in [0.25, 0.3) is 0 Å². The summed E-state index contributed by atoms with van der Waals surface area (Å²) >= 11 is 0. The van der Waals surface area contributed by atoms with Crippen LogP contribution in [-0.4, -0.2) is 6.54 Å². The van der Waals surface area contributed by atoms with Gasteiger partial charge in [-0.05, 0) is 37.7 Å². The first-order chi connectivity index (χ1) is 9.04. The Morgan fingerprint density at radius 3 is 2.53 bits per heavy atom. The number of hydrogen-bond donors (Lipinski definition) is 1. The average molecular weight is 269 g/mol. The molecule has 0 radical (unpaired) electrons. The summed E-state index contributed by atoms with van der Waals surface area (Å²) in [5, 5.41) is 3.14. The predicted octanol–water partition coefficient (Wildman–Crippen LogP) is 4.03. The van der Waals surface area contributed by atoms with E-state index in [0.29, 0.717) is 5.76 Å². The maximum Gasteiger partial charge on any atom is 0.195 e. The van der Waals surface area contributed by atoms with Gasteiger partial charge < -0.3 is 9.73 Å². The molecule has 2 aromatic rings. The second-order valence-corrected chi connectivity index (χ2v) is 4.20. The quantitative estimate of drug-likeness (QED) is 0.847.